The quantitative estimate of drug-likeness (QED) is 0.530. The number of nitrogen functional groups attached to an aromatic ring is 1. The van der Waals surface area contributed by atoms with Crippen molar-refractivity contribution in [1.29, 1.82) is 0 Å². The number of rotatable bonds is 4. The van der Waals surface area contributed by atoms with Crippen LogP contribution in [0.15, 0.2) is 39.6 Å². The van der Waals surface area contributed by atoms with Gasteiger partial charge >= 0.3 is 5.97 Å². The van der Waals surface area contributed by atoms with Gasteiger partial charge in [-0.05, 0) is 30.3 Å². The molecule has 0 unspecified atom stereocenters. The van der Waals surface area contributed by atoms with E-state index >= 15 is 0 Å². The maximum absolute atomic E-state index is 13.5. The van der Waals surface area contributed by atoms with Crippen LogP contribution in [0.3, 0.4) is 0 Å². The van der Waals surface area contributed by atoms with E-state index in [4.69, 9.17) is 10.2 Å². The van der Waals surface area contributed by atoms with Crippen molar-refractivity contribution in [2.75, 3.05) is 12.8 Å². The Kier molecular flexibility index (Phi) is 4.11. The van der Waals surface area contributed by atoms with Crippen molar-refractivity contribution in [1.82, 2.24) is 0 Å². The van der Waals surface area contributed by atoms with Gasteiger partial charge in [-0.1, -0.05) is 0 Å². The largest absolute Gasteiger partial charge is 0.463 e. The standard InChI is InChI=1S/C13H12FNO3S/c1-17-13(16)11-4-3-9(18-11)7-19-12-5-2-8(15)6-10(12)14/h2-6H,7,15H2,1H3. The van der Waals surface area contributed by atoms with Gasteiger partial charge in [-0.15, -0.1) is 11.8 Å². The molecule has 1 aromatic carbocycles. The Morgan fingerprint density at radius 2 is 2.21 bits per heavy atom. The van der Waals surface area contributed by atoms with E-state index in [-0.39, 0.29) is 11.6 Å². The lowest BCUT2D eigenvalue weighted by Gasteiger charge is -2.02. The maximum Gasteiger partial charge on any atom is 0.373 e. The highest BCUT2D eigenvalue weighted by molar-refractivity contribution is 7.98. The number of anilines is 1. The van der Waals surface area contributed by atoms with Gasteiger partial charge in [0.1, 0.15) is 11.6 Å². The molecule has 6 heteroatoms. The summed E-state index contributed by atoms with van der Waals surface area (Å²) < 4.78 is 23.3. The Morgan fingerprint density at radius 1 is 1.42 bits per heavy atom. The molecule has 0 bridgehead atoms. The number of carbonyl (C=O) groups excluding carboxylic acids is 1. The Morgan fingerprint density at radius 3 is 2.89 bits per heavy atom. The number of thioether (sulfide) groups is 1. The maximum atomic E-state index is 13.5. The molecule has 0 fully saturated rings. The molecule has 1 heterocycles. The first-order valence-electron chi connectivity index (χ1n) is 5.45. The molecule has 0 radical (unpaired) electrons. The summed E-state index contributed by atoms with van der Waals surface area (Å²) in [4.78, 5) is 11.7. The van der Waals surface area contributed by atoms with Crippen molar-refractivity contribution in [2.45, 2.75) is 10.6 Å². The fraction of sp³-hybridized carbons (Fsp3) is 0.154. The predicted molar refractivity (Wildman–Crippen MR) is 70.4 cm³/mol. The van der Waals surface area contributed by atoms with Crippen LogP contribution in [0.4, 0.5) is 10.1 Å². The summed E-state index contributed by atoms with van der Waals surface area (Å²) in [6, 6.07) is 7.70. The van der Waals surface area contributed by atoms with Crippen molar-refractivity contribution in [3.63, 3.8) is 0 Å². The number of hydrogen-bond acceptors (Lipinski definition) is 5. The monoisotopic (exact) mass is 281 g/mol. The van der Waals surface area contributed by atoms with Crippen molar-refractivity contribution >= 4 is 23.4 Å². The van der Waals surface area contributed by atoms with Gasteiger partial charge in [0.15, 0.2) is 0 Å². The van der Waals surface area contributed by atoms with Gasteiger partial charge in [0.05, 0.1) is 12.9 Å². The third-order valence-electron chi connectivity index (χ3n) is 2.37. The lowest BCUT2D eigenvalue weighted by Crippen LogP contribution is -1.98. The molecule has 2 aromatic rings. The van der Waals surface area contributed by atoms with E-state index in [2.05, 4.69) is 4.74 Å². The van der Waals surface area contributed by atoms with Gasteiger partial charge in [0.2, 0.25) is 5.76 Å². The number of nitrogens with two attached hydrogens (primary N) is 1. The van der Waals surface area contributed by atoms with Crippen LogP contribution in [0.1, 0.15) is 16.3 Å². The van der Waals surface area contributed by atoms with Crippen LogP contribution in [0.2, 0.25) is 0 Å². The van der Waals surface area contributed by atoms with Crippen LogP contribution in [0, 0.1) is 5.82 Å². The van der Waals surface area contributed by atoms with Crippen LogP contribution >= 0.6 is 11.8 Å². The van der Waals surface area contributed by atoms with E-state index < -0.39 is 5.97 Å². The molecular weight excluding hydrogens is 269 g/mol. The third-order valence-corrected chi connectivity index (χ3v) is 3.45. The molecule has 0 aliphatic heterocycles. The van der Waals surface area contributed by atoms with E-state index in [1.54, 1.807) is 18.2 Å². The van der Waals surface area contributed by atoms with Gasteiger partial charge in [-0.25, -0.2) is 9.18 Å². The number of carbonyl (C=O) groups is 1. The zero-order valence-corrected chi connectivity index (χ0v) is 11.0. The van der Waals surface area contributed by atoms with Crippen LogP contribution in [-0.2, 0) is 10.5 Å². The summed E-state index contributed by atoms with van der Waals surface area (Å²) >= 11 is 1.27. The number of benzene rings is 1. The summed E-state index contributed by atoms with van der Waals surface area (Å²) in [5.74, 6) is 0.217. The molecule has 0 saturated carbocycles. The van der Waals surface area contributed by atoms with Gasteiger partial charge in [0.25, 0.3) is 0 Å². The zero-order valence-electron chi connectivity index (χ0n) is 10.2. The minimum Gasteiger partial charge on any atom is -0.463 e. The second-order valence-corrected chi connectivity index (χ2v) is 4.75. The van der Waals surface area contributed by atoms with Crippen LogP contribution in [0.25, 0.3) is 0 Å². The minimum absolute atomic E-state index is 0.135. The molecule has 0 amide bonds. The van der Waals surface area contributed by atoms with Gasteiger partial charge in [-0.2, -0.15) is 0 Å². The number of halogens is 1. The van der Waals surface area contributed by atoms with Gasteiger partial charge < -0.3 is 14.9 Å². The first-order chi connectivity index (χ1) is 9.10. The average Bonchev–Trinajstić information content (AvgIpc) is 2.85. The second kappa shape index (κ2) is 5.79. The molecular formula is C13H12FNO3S. The highest BCUT2D eigenvalue weighted by Crippen LogP contribution is 2.27. The minimum atomic E-state index is -0.532. The molecule has 100 valence electrons. The molecule has 2 rings (SSSR count). The number of furan rings is 1. The Bertz CT molecular complexity index is 597. The van der Waals surface area contributed by atoms with E-state index in [9.17, 15) is 9.18 Å². The number of ether oxygens (including phenoxy) is 1. The van der Waals surface area contributed by atoms with Gasteiger partial charge in [-0.3, -0.25) is 0 Å². The third kappa shape index (κ3) is 3.29. The van der Waals surface area contributed by atoms with Crippen molar-refractivity contribution in [3.05, 3.63) is 47.7 Å². The van der Waals surface area contributed by atoms with Crippen molar-refractivity contribution in [3.8, 4) is 0 Å². The molecule has 1 aromatic heterocycles. The summed E-state index contributed by atoms with van der Waals surface area (Å²) in [6.45, 7) is 0. The summed E-state index contributed by atoms with van der Waals surface area (Å²) in [6.07, 6.45) is 0. The van der Waals surface area contributed by atoms with Crippen molar-refractivity contribution < 1.29 is 18.3 Å². The normalized spacial score (nSPS) is 10.4. The smallest absolute Gasteiger partial charge is 0.373 e. The first kappa shape index (κ1) is 13.5. The van der Waals surface area contributed by atoms with Crippen LogP contribution in [-0.4, -0.2) is 13.1 Å². The lowest BCUT2D eigenvalue weighted by atomic mass is 10.3. The van der Waals surface area contributed by atoms with E-state index in [0.29, 0.717) is 22.1 Å². The highest BCUT2D eigenvalue weighted by Gasteiger charge is 2.12. The van der Waals surface area contributed by atoms with Gasteiger partial charge in [0, 0.05) is 10.6 Å². The SMILES string of the molecule is COC(=O)c1ccc(CSc2ccc(N)cc2F)o1. The van der Waals surface area contributed by atoms with Crippen LogP contribution < -0.4 is 5.73 Å². The molecule has 19 heavy (non-hydrogen) atoms. The van der Waals surface area contributed by atoms with Crippen LogP contribution in [0.5, 0.6) is 0 Å². The Labute approximate surface area is 113 Å². The highest BCUT2D eigenvalue weighted by atomic mass is 32.2. The molecule has 2 N–H and O–H groups in total. The van der Waals surface area contributed by atoms with E-state index in [1.165, 1.54) is 31.0 Å². The number of methoxy groups -OCH3 is 1. The summed E-state index contributed by atoms with van der Waals surface area (Å²) in [7, 11) is 1.28. The number of esters is 1. The molecule has 0 spiro atoms. The fourth-order valence-corrected chi connectivity index (χ4v) is 2.26. The topological polar surface area (TPSA) is 65.5 Å². The van der Waals surface area contributed by atoms with E-state index in [0.717, 1.165) is 0 Å². The molecule has 0 saturated heterocycles. The van der Waals surface area contributed by atoms with Crippen molar-refractivity contribution in [2.24, 2.45) is 0 Å². The Hall–Kier alpha value is -1.95. The summed E-state index contributed by atoms with van der Waals surface area (Å²) in [5, 5.41) is 0. The molecule has 0 aliphatic carbocycles. The van der Waals surface area contributed by atoms with E-state index in [1.807, 2.05) is 0 Å². The predicted octanol–water partition coefficient (Wildman–Crippen LogP) is 3.08. The second-order valence-electron chi connectivity index (χ2n) is 3.74. The average molecular weight is 281 g/mol. The lowest BCUT2D eigenvalue weighted by molar-refractivity contribution is 0.0563. The molecule has 0 aliphatic rings. The zero-order chi connectivity index (χ0) is 13.8. The number of hydrogen-bond donors (Lipinski definition) is 1. The Balaban J connectivity index is 2.02. The molecule has 4 nitrogen and oxygen atoms in total. The molecule has 0 atom stereocenters. The first-order valence-corrected chi connectivity index (χ1v) is 6.43. The fourth-order valence-electron chi connectivity index (χ4n) is 1.45. The summed E-state index contributed by atoms with van der Waals surface area (Å²) in [5.41, 5.74) is 5.85.